The second-order valence-electron chi connectivity index (χ2n) is 9.94. The fourth-order valence-corrected chi connectivity index (χ4v) is 4.13. The Morgan fingerprint density at radius 1 is 1.03 bits per heavy atom. The lowest BCUT2D eigenvalue weighted by Crippen LogP contribution is -2.43. The molecule has 1 amide bonds. The summed E-state index contributed by atoms with van der Waals surface area (Å²) in [6.07, 6.45) is 1.41. The topological polar surface area (TPSA) is 57.2 Å². The zero-order valence-electron chi connectivity index (χ0n) is 20.9. The van der Waals surface area contributed by atoms with Crippen LogP contribution in [0.4, 0.5) is 4.79 Å². The minimum Gasteiger partial charge on any atom is -0.497 e. The Balaban J connectivity index is 1.78. The average Bonchev–Trinajstić information content (AvgIpc) is 2.75. The largest absolute Gasteiger partial charge is 0.497 e. The molecule has 1 aliphatic heterocycles. The molecule has 2 aromatic rings. The maximum Gasteiger partial charge on any atom is 0.410 e. The molecule has 2 aromatic carbocycles. The number of methoxy groups -OCH3 is 2. The van der Waals surface area contributed by atoms with Crippen molar-refractivity contribution in [3.05, 3.63) is 53.1 Å². The van der Waals surface area contributed by atoms with Crippen molar-refractivity contribution in [2.24, 2.45) is 5.92 Å². The summed E-state index contributed by atoms with van der Waals surface area (Å²) >= 11 is 0. The summed E-state index contributed by atoms with van der Waals surface area (Å²) in [5.41, 5.74) is 2.86. The SMILES string of the molecule is COc1cc(COc2ccc3c(c2)CCN(C(=O)OC(C)(C)C)[C@H]3CC(C)C)cc(OC)c1. The molecule has 0 N–H and O–H groups in total. The number of ether oxygens (including phenoxy) is 4. The maximum absolute atomic E-state index is 12.9. The molecule has 1 atom stereocenters. The maximum atomic E-state index is 12.9. The van der Waals surface area contributed by atoms with Gasteiger partial charge in [-0.25, -0.2) is 4.79 Å². The van der Waals surface area contributed by atoms with Gasteiger partial charge in [-0.3, -0.25) is 0 Å². The number of nitrogens with zero attached hydrogens (tertiary/aromatic N) is 1. The highest BCUT2D eigenvalue weighted by molar-refractivity contribution is 5.69. The van der Waals surface area contributed by atoms with E-state index >= 15 is 0 Å². The number of carbonyl (C=O) groups is 1. The van der Waals surface area contributed by atoms with E-state index in [1.54, 1.807) is 14.2 Å². The molecular formula is C27H37NO5. The molecule has 0 bridgehead atoms. The Kier molecular flexibility index (Phi) is 7.77. The van der Waals surface area contributed by atoms with Crippen LogP contribution in [0.5, 0.6) is 17.2 Å². The smallest absolute Gasteiger partial charge is 0.410 e. The van der Waals surface area contributed by atoms with Gasteiger partial charge in [0.05, 0.1) is 20.3 Å². The van der Waals surface area contributed by atoms with E-state index < -0.39 is 5.60 Å². The molecule has 33 heavy (non-hydrogen) atoms. The van der Waals surface area contributed by atoms with E-state index in [4.69, 9.17) is 18.9 Å². The minimum absolute atomic E-state index is 0.000274. The third-order valence-corrected chi connectivity index (χ3v) is 5.61. The van der Waals surface area contributed by atoms with Crippen molar-refractivity contribution in [1.29, 1.82) is 0 Å². The molecule has 180 valence electrons. The van der Waals surface area contributed by atoms with Crippen LogP contribution in [0.25, 0.3) is 0 Å². The van der Waals surface area contributed by atoms with Crippen molar-refractivity contribution in [3.8, 4) is 17.2 Å². The summed E-state index contributed by atoms with van der Waals surface area (Å²) in [4.78, 5) is 14.8. The molecule has 0 saturated carbocycles. The minimum atomic E-state index is -0.514. The quantitative estimate of drug-likeness (QED) is 0.500. The number of carbonyl (C=O) groups excluding carboxylic acids is 1. The molecule has 1 aliphatic rings. The van der Waals surface area contributed by atoms with Gasteiger partial charge in [0.15, 0.2) is 0 Å². The predicted molar refractivity (Wildman–Crippen MR) is 129 cm³/mol. The van der Waals surface area contributed by atoms with Crippen LogP contribution in [-0.4, -0.2) is 37.4 Å². The normalized spacial score (nSPS) is 15.8. The number of hydrogen-bond acceptors (Lipinski definition) is 5. The van der Waals surface area contributed by atoms with Crippen LogP contribution in [0.15, 0.2) is 36.4 Å². The van der Waals surface area contributed by atoms with E-state index in [0.29, 0.717) is 19.1 Å². The monoisotopic (exact) mass is 455 g/mol. The molecule has 0 fully saturated rings. The van der Waals surface area contributed by atoms with E-state index in [9.17, 15) is 4.79 Å². The highest BCUT2D eigenvalue weighted by Gasteiger charge is 2.34. The van der Waals surface area contributed by atoms with Crippen molar-refractivity contribution in [2.75, 3.05) is 20.8 Å². The first-order chi connectivity index (χ1) is 15.6. The Hall–Kier alpha value is -2.89. The molecule has 6 nitrogen and oxygen atoms in total. The van der Waals surface area contributed by atoms with Gasteiger partial charge in [0.2, 0.25) is 0 Å². The average molecular weight is 456 g/mol. The third kappa shape index (κ3) is 6.56. The third-order valence-electron chi connectivity index (χ3n) is 5.61. The summed E-state index contributed by atoms with van der Waals surface area (Å²) in [6, 6.07) is 11.9. The molecule has 0 aliphatic carbocycles. The number of hydrogen-bond donors (Lipinski definition) is 0. The summed E-state index contributed by atoms with van der Waals surface area (Å²) in [5.74, 6) is 2.73. The number of amides is 1. The highest BCUT2D eigenvalue weighted by atomic mass is 16.6. The standard InChI is InChI=1S/C27H37NO5/c1-18(2)12-25-24-9-8-21(32-17-19-13-22(30-6)16-23(14-19)31-7)15-20(24)10-11-28(25)26(29)33-27(3,4)5/h8-9,13-16,18,25H,10-12,17H2,1-7H3/t25-/m0/s1. The van der Waals surface area contributed by atoms with Gasteiger partial charge in [0.25, 0.3) is 0 Å². The zero-order chi connectivity index (χ0) is 24.2. The van der Waals surface area contributed by atoms with Crippen LogP contribution in [-0.2, 0) is 17.8 Å². The van der Waals surface area contributed by atoms with Crippen LogP contribution in [0, 0.1) is 5.92 Å². The summed E-state index contributed by atoms with van der Waals surface area (Å²) < 4.78 is 22.5. The Morgan fingerprint density at radius 3 is 2.27 bits per heavy atom. The fourth-order valence-electron chi connectivity index (χ4n) is 4.13. The highest BCUT2D eigenvalue weighted by Crippen LogP contribution is 2.37. The molecule has 1 heterocycles. The van der Waals surface area contributed by atoms with Crippen molar-refractivity contribution in [2.45, 2.75) is 65.7 Å². The van der Waals surface area contributed by atoms with Gasteiger partial charge in [-0.15, -0.1) is 0 Å². The summed E-state index contributed by atoms with van der Waals surface area (Å²) in [5, 5.41) is 0. The van der Waals surface area contributed by atoms with Crippen molar-refractivity contribution >= 4 is 6.09 Å². The first-order valence-electron chi connectivity index (χ1n) is 11.6. The van der Waals surface area contributed by atoms with Gasteiger partial charge in [-0.2, -0.15) is 0 Å². The van der Waals surface area contributed by atoms with Crippen LogP contribution >= 0.6 is 0 Å². The predicted octanol–water partition coefficient (Wildman–Crippen LogP) is 6.16. The van der Waals surface area contributed by atoms with Gasteiger partial charge in [0, 0.05) is 12.6 Å². The van der Waals surface area contributed by atoms with E-state index in [0.717, 1.165) is 35.7 Å². The van der Waals surface area contributed by atoms with Crippen molar-refractivity contribution < 1.29 is 23.7 Å². The van der Waals surface area contributed by atoms with E-state index in [1.807, 2.05) is 49.9 Å². The first kappa shape index (κ1) is 24.7. The lowest BCUT2D eigenvalue weighted by atomic mass is 9.87. The second kappa shape index (κ2) is 10.4. The number of benzene rings is 2. The fraction of sp³-hybridized carbons (Fsp3) is 0.519. The molecule has 6 heteroatoms. The molecule has 0 aromatic heterocycles. The van der Waals surface area contributed by atoms with Crippen LogP contribution < -0.4 is 14.2 Å². The molecule has 0 unspecified atom stereocenters. The Morgan fingerprint density at radius 2 is 1.70 bits per heavy atom. The molecular weight excluding hydrogens is 418 g/mol. The van der Waals surface area contributed by atoms with Gasteiger partial charge < -0.3 is 23.8 Å². The molecule has 0 radical (unpaired) electrons. The van der Waals surface area contributed by atoms with Gasteiger partial charge in [-0.05, 0) is 80.5 Å². The summed E-state index contributed by atoms with van der Waals surface area (Å²) in [6.45, 7) is 11.1. The van der Waals surface area contributed by atoms with Gasteiger partial charge in [0.1, 0.15) is 29.5 Å². The number of fused-ring (bicyclic) bond motifs is 1. The lowest BCUT2D eigenvalue weighted by molar-refractivity contribution is 0.0120. The second-order valence-corrected chi connectivity index (χ2v) is 9.94. The van der Waals surface area contributed by atoms with Crippen molar-refractivity contribution in [1.82, 2.24) is 4.90 Å². The molecule has 0 saturated heterocycles. The van der Waals surface area contributed by atoms with Gasteiger partial charge >= 0.3 is 6.09 Å². The van der Waals surface area contributed by atoms with Crippen LogP contribution in [0.1, 0.15) is 63.8 Å². The summed E-state index contributed by atoms with van der Waals surface area (Å²) in [7, 11) is 3.27. The molecule has 3 rings (SSSR count). The lowest BCUT2D eigenvalue weighted by Gasteiger charge is -2.39. The van der Waals surface area contributed by atoms with Gasteiger partial charge in [-0.1, -0.05) is 19.9 Å². The van der Waals surface area contributed by atoms with Crippen LogP contribution in [0.3, 0.4) is 0 Å². The first-order valence-corrected chi connectivity index (χ1v) is 11.6. The van der Waals surface area contributed by atoms with Crippen molar-refractivity contribution in [3.63, 3.8) is 0 Å². The Bertz CT molecular complexity index is 941. The Labute approximate surface area is 197 Å². The van der Waals surface area contributed by atoms with E-state index in [-0.39, 0.29) is 12.1 Å². The van der Waals surface area contributed by atoms with Crippen LogP contribution in [0.2, 0.25) is 0 Å². The van der Waals surface area contributed by atoms with E-state index in [1.165, 1.54) is 11.1 Å². The van der Waals surface area contributed by atoms with E-state index in [2.05, 4.69) is 26.0 Å². The molecule has 0 spiro atoms. The number of rotatable bonds is 7. The zero-order valence-corrected chi connectivity index (χ0v) is 20.9.